The maximum Gasteiger partial charge on any atom is 0.409 e. The first-order valence-corrected chi connectivity index (χ1v) is 10.5. The highest BCUT2D eigenvalue weighted by molar-refractivity contribution is 6.04. The van der Waals surface area contributed by atoms with Gasteiger partial charge in [-0.25, -0.2) is 14.2 Å². The van der Waals surface area contributed by atoms with E-state index in [1.54, 1.807) is 24.4 Å². The fraction of sp³-hybridized carbons (Fsp3) is 0.217. The summed E-state index contributed by atoms with van der Waals surface area (Å²) in [7, 11) is 1.31. The fourth-order valence-electron chi connectivity index (χ4n) is 3.77. The Balaban J connectivity index is 1.38. The molecule has 2 amide bonds. The zero-order valence-electron chi connectivity index (χ0n) is 18.6. The number of nitrogens with zero attached hydrogens (tertiary/aromatic N) is 6. The van der Waals surface area contributed by atoms with Gasteiger partial charge in [-0.05, 0) is 31.2 Å². The molecule has 0 aliphatic carbocycles. The van der Waals surface area contributed by atoms with E-state index in [4.69, 9.17) is 9.78 Å². The second kappa shape index (κ2) is 8.53. The molecule has 0 radical (unpaired) electrons. The quantitative estimate of drug-likeness (QED) is 0.475. The number of methoxy groups -OCH3 is 1. The van der Waals surface area contributed by atoms with Crippen molar-refractivity contribution in [2.75, 3.05) is 25.5 Å². The maximum atomic E-state index is 14.7. The molecule has 1 aromatic carbocycles. The van der Waals surface area contributed by atoms with E-state index in [2.05, 4.69) is 25.2 Å². The minimum absolute atomic E-state index is 0.0877. The summed E-state index contributed by atoms with van der Waals surface area (Å²) in [6.07, 6.45) is 2.52. The predicted octanol–water partition coefficient (Wildman–Crippen LogP) is 3.12. The third-order valence-electron chi connectivity index (χ3n) is 5.84. The second-order valence-electron chi connectivity index (χ2n) is 8.01. The molecule has 0 bridgehead atoms. The number of carbonyl (C=O) groups is 2. The van der Waals surface area contributed by atoms with Gasteiger partial charge in [-0.1, -0.05) is 5.16 Å². The van der Waals surface area contributed by atoms with Crippen molar-refractivity contribution in [3.05, 3.63) is 65.1 Å². The molecular weight excluding hydrogens is 457 g/mol. The van der Waals surface area contributed by atoms with Crippen molar-refractivity contribution in [1.29, 1.82) is 5.26 Å². The van der Waals surface area contributed by atoms with E-state index in [9.17, 15) is 14.0 Å². The lowest BCUT2D eigenvalue weighted by atomic mass is 10.0. The van der Waals surface area contributed by atoms with Gasteiger partial charge in [0, 0.05) is 36.1 Å². The highest BCUT2D eigenvalue weighted by atomic mass is 19.1. The van der Waals surface area contributed by atoms with Crippen LogP contribution in [0.4, 0.5) is 14.9 Å². The number of anilines is 1. The van der Waals surface area contributed by atoms with Crippen LogP contribution in [0.3, 0.4) is 0 Å². The van der Waals surface area contributed by atoms with E-state index in [1.807, 2.05) is 6.07 Å². The van der Waals surface area contributed by atoms with Gasteiger partial charge in [-0.3, -0.25) is 9.20 Å². The molecule has 3 aromatic heterocycles. The van der Waals surface area contributed by atoms with Crippen molar-refractivity contribution in [3.63, 3.8) is 0 Å². The number of amides is 2. The summed E-state index contributed by atoms with van der Waals surface area (Å²) in [4.78, 5) is 34.5. The number of fused-ring (bicyclic) bond motifs is 1. The molecule has 12 heteroatoms. The lowest BCUT2D eigenvalue weighted by Crippen LogP contribution is -2.48. The predicted molar refractivity (Wildman–Crippen MR) is 119 cm³/mol. The number of ether oxygens (including phenoxy) is 1. The van der Waals surface area contributed by atoms with Crippen LogP contribution < -0.4 is 5.32 Å². The maximum absolute atomic E-state index is 14.7. The molecule has 0 unspecified atom stereocenters. The number of imidazole rings is 1. The molecule has 1 aliphatic heterocycles. The summed E-state index contributed by atoms with van der Waals surface area (Å²) >= 11 is 0. The van der Waals surface area contributed by atoms with E-state index < -0.39 is 17.8 Å². The lowest BCUT2D eigenvalue weighted by molar-refractivity contribution is 0.0857. The monoisotopic (exact) mass is 475 g/mol. The molecule has 0 saturated carbocycles. The second-order valence-corrected chi connectivity index (χ2v) is 8.01. The van der Waals surface area contributed by atoms with Gasteiger partial charge in [0.05, 0.1) is 30.9 Å². The largest absolute Gasteiger partial charge is 0.453 e. The Morgan fingerprint density at radius 2 is 2.11 bits per heavy atom. The normalized spacial score (nSPS) is 13.4. The Morgan fingerprint density at radius 1 is 1.31 bits per heavy atom. The number of halogens is 1. The average Bonchev–Trinajstić information content (AvgIpc) is 3.47. The Labute approximate surface area is 197 Å². The van der Waals surface area contributed by atoms with Crippen LogP contribution in [0, 0.1) is 24.1 Å². The number of benzene rings is 1. The van der Waals surface area contributed by atoms with E-state index in [-0.39, 0.29) is 28.8 Å². The van der Waals surface area contributed by atoms with Crippen LogP contribution in [-0.4, -0.2) is 56.6 Å². The van der Waals surface area contributed by atoms with Crippen LogP contribution in [-0.2, 0) is 4.74 Å². The first kappa shape index (κ1) is 22.0. The number of pyridine rings is 1. The summed E-state index contributed by atoms with van der Waals surface area (Å²) in [5, 5.41) is 15.7. The fourth-order valence-corrected chi connectivity index (χ4v) is 3.77. The topological polar surface area (TPSA) is 139 Å². The number of nitrogens with one attached hydrogen (secondary N) is 1. The molecular formula is C23H18FN7O4. The summed E-state index contributed by atoms with van der Waals surface area (Å²) in [5.74, 6) is -0.697. The molecule has 4 aromatic rings. The molecule has 4 heterocycles. The minimum Gasteiger partial charge on any atom is -0.453 e. The van der Waals surface area contributed by atoms with E-state index in [0.29, 0.717) is 35.7 Å². The molecule has 0 spiro atoms. The van der Waals surface area contributed by atoms with Crippen molar-refractivity contribution in [1.82, 2.24) is 24.4 Å². The number of aromatic nitrogens is 4. The molecule has 11 nitrogen and oxygen atoms in total. The number of nitriles is 1. The van der Waals surface area contributed by atoms with Gasteiger partial charge in [-0.2, -0.15) is 10.2 Å². The van der Waals surface area contributed by atoms with Crippen molar-refractivity contribution in [2.45, 2.75) is 12.8 Å². The number of rotatable bonds is 4. The Kier molecular flexibility index (Phi) is 5.37. The Morgan fingerprint density at radius 3 is 2.86 bits per heavy atom. The lowest BCUT2D eigenvalue weighted by Gasteiger charge is -2.35. The van der Waals surface area contributed by atoms with Crippen molar-refractivity contribution < 1.29 is 23.2 Å². The highest BCUT2D eigenvalue weighted by Crippen LogP contribution is 2.30. The van der Waals surface area contributed by atoms with Crippen LogP contribution in [0.25, 0.3) is 17.1 Å². The van der Waals surface area contributed by atoms with Crippen LogP contribution in [0.5, 0.6) is 0 Å². The number of likely N-dealkylation sites (tertiary alicyclic amines) is 1. The molecule has 0 atom stereocenters. The van der Waals surface area contributed by atoms with E-state index in [1.165, 1.54) is 35.6 Å². The molecule has 35 heavy (non-hydrogen) atoms. The van der Waals surface area contributed by atoms with Crippen molar-refractivity contribution >= 4 is 23.3 Å². The van der Waals surface area contributed by atoms with Crippen LogP contribution >= 0.6 is 0 Å². The smallest absolute Gasteiger partial charge is 0.409 e. The van der Waals surface area contributed by atoms with Crippen LogP contribution in [0.15, 0.2) is 41.2 Å². The van der Waals surface area contributed by atoms with E-state index in [0.717, 1.165) is 0 Å². The summed E-state index contributed by atoms with van der Waals surface area (Å²) in [5.41, 5.74) is 1.83. The minimum atomic E-state index is -0.560. The molecule has 5 rings (SSSR count). The van der Waals surface area contributed by atoms with Gasteiger partial charge in [-0.15, -0.1) is 0 Å². The standard InChI is InChI=1S/C23H18FN7O4/c1-12-16(24)6-14(22-28-20(29-35-22)15-10-30(11-15)23(33)34-2)7-17(12)27-21(32)18-9-26-19-5-13(8-25)3-4-31(18)19/h3-7,9,15H,10-11H2,1-2H3,(H,27,32). The van der Waals surface area contributed by atoms with Gasteiger partial charge in [0.2, 0.25) is 0 Å². The Bertz CT molecular complexity index is 1510. The number of carbonyl (C=O) groups excluding carboxylic acids is 2. The number of hydrogen-bond acceptors (Lipinski definition) is 8. The molecule has 1 N–H and O–H groups in total. The third-order valence-corrected chi connectivity index (χ3v) is 5.84. The average molecular weight is 475 g/mol. The highest BCUT2D eigenvalue weighted by Gasteiger charge is 2.35. The van der Waals surface area contributed by atoms with Gasteiger partial charge in [0.15, 0.2) is 5.82 Å². The molecule has 176 valence electrons. The van der Waals surface area contributed by atoms with Gasteiger partial charge >= 0.3 is 6.09 Å². The van der Waals surface area contributed by atoms with Crippen molar-refractivity contribution in [3.8, 4) is 17.5 Å². The first-order chi connectivity index (χ1) is 16.9. The third kappa shape index (κ3) is 3.93. The molecule has 1 fully saturated rings. The van der Waals surface area contributed by atoms with Crippen LogP contribution in [0.2, 0.25) is 0 Å². The SMILES string of the molecule is COC(=O)N1CC(c2noc(-c3cc(F)c(C)c(NC(=O)c4cnc5cc(C#N)ccn45)c3)n2)C1. The first-order valence-electron chi connectivity index (χ1n) is 10.5. The Hall–Kier alpha value is -4.79. The van der Waals surface area contributed by atoms with E-state index >= 15 is 0 Å². The van der Waals surface area contributed by atoms with Gasteiger partial charge in [0.1, 0.15) is 17.2 Å². The molecule has 1 aliphatic rings. The molecule has 1 saturated heterocycles. The van der Waals surface area contributed by atoms with Gasteiger partial charge in [0.25, 0.3) is 11.8 Å². The summed E-state index contributed by atoms with van der Waals surface area (Å²) < 4.78 is 26.3. The summed E-state index contributed by atoms with van der Waals surface area (Å²) in [6, 6.07) is 7.94. The summed E-state index contributed by atoms with van der Waals surface area (Å²) in [6.45, 7) is 2.33. The van der Waals surface area contributed by atoms with Crippen LogP contribution in [0.1, 0.15) is 33.4 Å². The van der Waals surface area contributed by atoms with Crippen molar-refractivity contribution in [2.24, 2.45) is 0 Å². The van der Waals surface area contributed by atoms with Gasteiger partial charge < -0.3 is 19.5 Å². The zero-order valence-corrected chi connectivity index (χ0v) is 18.6. The number of hydrogen-bond donors (Lipinski definition) is 1. The zero-order chi connectivity index (χ0) is 24.7.